The van der Waals surface area contributed by atoms with E-state index in [-0.39, 0.29) is 0 Å². The molecule has 2 rings (SSSR count). The molecule has 1 fully saturated rings. The van der Waals surface area contributed by atoms with Crippen molar-refractivity contribution in [2.24, 2.45) is 5.92 Å². The van der Waals surface area contributed by atoms with Gasteiger partial charge in [0, 0.05) is 23.5 Å². The van der Waals surface area contributed by atoms with E-state index >= 15 is 0 Å². The average molecular weight is 326 g/mol. The molecule has 1 aliphatic carbocycles. The molecule has 0 saturated heterocycles. The van der Waals surface area contributed by atoms with Crippen molar-refractivity contribution in [1.29, 1.82) is 0 Å². The van der Waals surface area contributed by atoms with Crippen LogP contribution in [0.1, 0.15) is 37.7 Å². The van der Waals surface area contributed by atoms with Gasteiger partial charge in [-0.3, -0.25) is 0 Å². The van der Waals surface area contributed by atoms with Gasteiger partial charge in [0.05, 0.1) is 6.61 Å². The smallest absolute Gasteiger partial charge is 0.0547 e. The molecule has 1 atom stereocenters. The summed E-state index contributed by atoms with van der Waals surface area (Å²) in [6, 6.07) is 8.48. The van der Waals surface area contributed by atoms with Crippen LogP contribution in [-0.2, 0) is 4.74 Å². The van der Waals surface area contributed by atoms with Crippen LogP contribution in [0.15, 0.2) is 28.7 Å². The highest BCUT2D eigenvalue weighted by Gasteiger charge is 2.22. The average Bonchev–Trinajstić information content (AvgIpc) is 3.22. The fraction of sp³-hybridized carbons (Fsp3) is 0.625. The van der Waals surface area contributed by atoms with Crippen LogP contribution in [0, 0.1) is 5.92 Å². The van der Waals surface area contributed by atoms with Gasteiger partial charge in [0.2, 0.25) is 0 Å². The first kappa shape index (κ1) is 15.0. The maximum absolute atomic E-state index is 5.90. The van der Waals surface area contributed by atoms with Crippen LogP contribution in [0.3, 0.4) is 0 Å². The molecule has 1 aromatic rings. The Bertz CT molecular complexity index is 379. The quantitative estimate of drug-likeness (QED) is 0.694. The predicted molar refractivity (Wildman–Crippen MR) is 83.6 cm³/mol. The molecule has 1 aliphatic rings. The van der Waals surface area contributed by atoms with Gasteiger partial charge >= 0.3 is 0 Å². The summed E-state index contributed by atoms with van der Waals surface area (Å²) >= 11 is 3.66. The summed E-state index contributed by atoms with van der Waals surface area (Å²) < 4.78 is 7.09. The highest BCUT2D eigenvalue weighted by Crippen LogP contribution is 2.30. The molecular weight excluding hydrogens is 302 g/mol. The first-order valence-electron chi connectivity index (χ1n) is 7.34. The Morgan fingerprint density at radius 1 is 1.37 bits per heavy atom. The third-order valence-electron chi connectivity index (χ3n) is 3.53. The van der Waals surface area contributed by atoms with Crippen LogP contribution in [0.2, 0.25) is 0 Å². The zero-order valence-corrected chi connectivity index (χ0v) is 13.3. The second-order valence-corrected chi connectivity index (χ2v) is 6.26. The van der Waals surface area contributed by atoms with E-state index in [2.05, 4.69) is 52.4 Å². The highest BCUT2D eigenvalue weighted by molar-refractivity contribution is 9.10. The minimum absolute atomic E-state index is 0.431. The summed E-state index contributed by atoms with van der Waals surface area (Å²) in [5, 5.41) is 3.51. The summed E-state index contributed by atoms with van der Waals surface area (Å²) in [5.74, 6) is 1.27. The van der Waals surface area contributed by atoms with Crippen molar-refractivity contribution >= 4 is 15.9 Å². The fourth-order valence-electron chi connectivity index (χ4n) is 2.18. The van der Waals surface area contributed by atoms with Gasteiger partial charge in [-0.2, -0.15) is 0 Å². The molecule has 3 heteroatoms. The monoisotopic (exact) mass is 325 g/mol. The Balaban J connectivity index is 1.89. The Kier molecular flexibility index (Phi) is 6.35. The molecule has 0 aliphatic heterocycles. The van der Waals surface area contributed by atoms with Crippen molar-refractivity contribution in [2.75, 3.05) is 26.3 Å². The standard InChI is InChI=1S/C16H24BrNO/c1-2-9-18-10-14(12-19-11-13-7-8-13)15-5-3-4-6-16(15)17/h3-6,13-14,18H,2,7-12H2,1H3. The molecule has 0 heterocycles. The third kappa shape index (κ3) is 5.25. The Morgan fingerprint density at radius 3 is 2.84 bits per heavy atom. The van der Waals surface area contributed by atoms with Crippen LogP contribution >= 0.6 is 15.9 Å². The van der Waals surface area contributed by atoms with Crippen molar-refractivity contribution in [3.05, 3.63) is 34.3 Å². The maximum atomic E-state index is 5.90. The van der Waals surface area contributed by atoms with Crippen LogP contribution in [0.25, 0.3) is 0 Å². The van der Waals surface area contributed by atoms with Crippen LogP contribution in [0.4, 0.5) is 0 Å². The highest BCUT2D eigenvalue weighted by atomic mass is 79.9. The lowest BCUT2D eigenvalue weighted by molar-refractivity contribution is 0.110. The summed E-state index contributed by atoms with van der Waals surface area (Å²) in [4.78, 5) is 0. The van der Waals surface area contributed by atoms with Crippen LogP contribution in [0.5, 0.6) is 0 Å². The third-order valence-corrected chi connectivity index (χ3v) is 4.25. The number of hydrogen-bond acceptors (Lipinski definition) is 2. The van der Waals surface area contributed by atoms with Gasteiger partial charge in [-0.05, 0) is 43.4 Å². The maximum Gasteiger partial charge on any atom is 0.0547 e. The summed E-state index contributed by atoms with van der Waals surface area (Å²) in [7, 11) is 0. The van der Waals surface area contributed by atoms with Crippen molar-refractivity contribution in [3.63, 3.8) is 0 Å². The van der Waals surface area contributed by atoms with Crippen molar-refractivity contribution < 1.29 is 4.74 Å². The van der Waals surface area contributed by atoms with E-state index in [0.717, 1.165) is 32.2 Å². The Labute approximate surface area is 125 Å². The Morgan fingerprint density at radius 2 is 2.16 bits per heavy atom. The lowest BCUT2D eigenvalue weighted by Gasteiger charge is -2.19. The van der Waals surface area contributed by atoms with Crippen LogP contribution in [-0.4, -0.2) is 26.3 Å². The fourth-order valence-corrected chi connectivity index (χ4v) is 2.79. The first-order valence-corrected chi connectivity index (χ1v) is 8.13. The summed E-state index contributed by atoms with van der Waals surface area (Å²) in [5.41, 5.74) is 1.35. The van der Waals surface area contributed by atoms with Gasteiger partial charge < -0.3 is 10.1 Å². The van der Waals surface area contributed by atoms with Crippen molar-refractivity contribution in [3.8, 4) is 0 Å². The van der Waals surface area contributed by atoms with E-state index in [1.54, 1.807) is 0 Å². The van der Waals surface area contributed by atoms with E-state index in [1.165, 1.54) is 29.3 Å². The number of rotatable bonds is 9. The second kappa shape index (κ2) is 8.03. The molecule has 19 heavy (non-hydrogen) atoms. The van der Waals surface area contributed by atoms with Gasteiger partial charge in [-0.15, -0.1) is 0 Å². The number of benzene rings is 1. The molecule has 0 amide bonds. The van der Waals surface area contributed by atoms with E-state index in [1.807, 2.05) is 0 Å². The predicted octanol–water partition coefficient (Wildman–Crippen LogP) is 3.96. The molecule has 1 unspecified atom stereocenters. The first-order chi connectivity index (χ1) is 9.31. The van der Waals surface area contributed by atoms with Gasteiger partial charge in [0.25, 0.3) is 0 Å². The summed E-state index contributed by atoms with van der Waals surface area (Å²) in [6.45, 7) is 6.01. The van der Waals surface area contributed by atoms with Gasteiger partial charge in [-0.25, -0.2) is 0 Å². The topological polar surface area (TPSA) is 21.3 Å². The molecular formula is C16H24BrNO. The van der Waals surface area contributed by atoms with E-state index in [4.69, 9.17) is 4.74 Å². The number of ether oxygens (including phenoxy) is 1. The molecule has 106 valence electrons. The van der Waals surface area contributed by atoms with Gasteiger partial charge in [0.1, 0.15) is 0 Å². The van der Waals surface area contributed by atoms with E-state index < -0.39 is 0 Å². The minimum atomic E-state index is 0.431. The molecule has 0 spiro atoms. The number of halogens is 1. The molecule has 0 aromatic heterocycles. The molecule has 0 radical (unpaired) electrons. The normalized spacial score (nSPS) is 16.5. The van der Waals surface area contributed by atoms with E-state index in [9.17, 15) is 0 Å². The SMILES string of the molecule is CCCNCC(COCC1CC1)c1ccccc1Br. The molecule has 0 bridgehead atoms. The minimum Gasteiger partial charge on any atom is -0.380 e. The second-order valence-electron chi connectivity index (χ2n) is 5.40. The molecule has 1 saturated carbocycles. The van der Waals surface area contributed by atoms with Crippen molar-refractivity contribution in [1.82, 2.24) is 5.32 Å². The summed E-state index contributed by atoms with van der Waals surface area (Å²) in [6.07, 6.45) is 3.88. The lowest BCUT2D eigenvalue weighted by atomic mass is 10.00. The molecule has 1 aromatic carbocycles. The van der Waals surface area contributed by atoms with Gasteiger partial charge in [0.15, 0.2) is 0 Å². The number of hydrogen-bond donors (Lipinski definition) is 1. The van der Waals surface area contributed by atoms with Gasteiger partial charge in [-0.1, -0.05) is 41.1 Å². The largest absolute Gasteiger partial charge is 0.380 e. The molecule has 2 nitrogen and oxygen atoms in total. The lowest BCUT2D eigenvalue weighted by Crippen LogP contribution is -2.25. The van der Waals surface area contributed by atoms with E-state index in [0.29, 0.717) is 5.92 Å². The number of nitrogens with one attached hydrogen (secondary N) is 1. The zero-order valence-electron chi connectivity index (χ0n) is 11.7. The Hall–Kier alpha value is -0.380. The van der Waals surface area contributed by atoms with Crippen molar-refractivity contribution in [2.45, 2.75) is 32.1 Å². The zero-order chi connectivity index (χ0) is 13.5. The molecule has 1 N–H and O–H groups in total. The van der Waals surface area contributed by atoms with Crippen LogP contribution < -0.4 is 5.32 Å².